The number of carbonyl (C=O) groups is 1. The van der Waals surface area contributed by atoms with Crippen molar-refractivity contribution >= 4 is 33.2 Å². The van der Waals surface area contributed by atoms with Gasteiger partial charge in [-0.1, -0.05) is 25.7 Å². The van der Waals surface area contributed by atoms with Crippen LogP contribution in [0.1, 0.15) is 47.3 Å². The second kappa shape index (κ2) is 6.01. The van der Waals surface area contributed by atoms with E-state index in [-0.39, 0.29) is 5.91 Å². The molecule has 1 amide bonds. The molecule has 1 fully saturated rings. The minimum Gasteiger partial charge on any atom is -0.351 e. The van der Waals surface area contributed by atoms with E-state index in [1.807, 2.05) is 13.0 Å². The number of thiophene rings is 1. The molecule has 0 radical (unpaired) electrons. The van der Waals surface area contributed by atoms with Gasteiger partial charge >= 0.3 is 0 Å². The van der Waals surface area contributed by atoms with Crippen LogP contribution in [0.15, 0.2) is 9.85 Å². The van der Waals surface area contributed by atoms with Crippen molar-refractivity contribution in [2.45, 2.75) is 39.0 Å². The van der Waals surface area contributed by atoms with Crippen LogP contribution in [0.2, 0.25) is 0 Å². The average molecular weight is 316 g/mol. The molecular weight excluding hydrogens is 298 g/mol. The number of rotatable bonds is 4. The molecule has 1 aromatic heterocycles. The van der Waals surface area contributed by atoms with E-state index < -0.39 is 0 Å². The molecule has 1 N–H and O–H groups in total. The van der Waals surface area contributed by atoms with Crippen LogP contribution in [-0.4, -0.2) is 12.5 Å². The van der Waals surface area contributed by atoms with Crippen molar-refractivity contribution < 1.29 is 4.79 Å². The molecule has 1 aliphatic rings. The summed E-state index contributed by atoms with van der Waals surface area (Å²) in [4.78, 5) is 12.7. The Balaban J connectivity index is 1.76. The van der Waals surface area contributed by atoms with E-state index in [0.29, 0.717) is 0 Å². The second-order valence-electron chi connectivity index (χ2n) is 4.76. The quantitative estimate of drug-likeness (QED) is 0.889. The van der Waals surface area contributed by atoms with Gasteiger partial charge in [-0.25, -0.2) is 0 Å². The summed E-state index contributed by atoms with van der Waals surface area (Å²) >= 11 is 4.95. The van der Waals surface area contributed by atoms with Crippen molar-refractivity contribution in [2.75, 3.05) is 6.54 Å². The monoisotopic (exact) mass is 315 g/mol. The first-order valence-electron chi connectivity index (χ1n) is 6.21. The van der Waals surface area contributed by atoms with E-state index in [1.165, 1.54) is 37.0 Å². The molecule has 1 saturated carbocycles. The molecule has 0 aliphatic heterocycles. The summed E-state index contributed by atoms with van der Waals surface area (Å²) in [5.74, 6) is 0.911. The van der Waals surface area contributed by atoms with Gasteiger partial charge < -0.3 is 5.32 Å². The zero-order valence-corrected chi connectivity index (χ0v) is 12.5. The predicted octanol–water partition coefficient (Wildman–Crippen LogP) is 4.13. The van der Waals surface area contributed by atoms with Gasteiger partial charge in [0, 0.05) is 6.54 Å². The van der Waals surface area contributed by atoms with Gasteiger partial charge in [0.25, 0.3) is 5.91 Å². The van der Waals surface area contributed by atoms with Crippen molar-refractivity contribution in [3.8, 4) is 0 Å². The molecule has 2 nitrogen and oxygen atoms in total. The van der Waals surface area contributed by atoms with Crippen LogP contribution < -0.4 is 5.32 Å². The Morgan fingerprint density at radius 2 is 2.24 bits per heavy atom. The lowest BCUT2D eigenvalue weighted by Crippen LogP contribution is -2.24. The number of amides is 1. The maximum absolute atomic E-state index is 11.9. The molecule has 0 unspecified atom stereocenters. The van der Waals surface area contributed by atoms with Crippen molar-refractivity contribution in [1.29, 1.82) is 0 Å². The van der Waals surface area contributed by atoms with Gasteiger partial charge in [0.2, 0.25) is 0 Å². The van der Waals surface area contributed by atoms with Crippen molar-refractivity contribution in [3.05, 3.63) is 20.3 Å². The number of hydrogen-bond donors (Lipinski definition) is 1. The molecular formula is C13H18BrNOS. The Hall–Kier alpha value is -0.350. The Morgan fingerprint density at radius 1 is 1.53 bits per heavy atom. The molecule has 4 heteroatoms. The third-order valence-electron chi connectivity index (χ3n) is 3.39. The fourth-order valence-corrected chi connectivity index (χ4v) is 3.80. The molecule has 0 bridgehead atoms. The van der Waals surface area contributed by atoms with Crippen LogP contribution in [0.5, 0.6) is 0 Å². The molecule has 0 atom stereocenters. The van der Waals surface area contributed by atoms with Gasteiger partial charge in [-0.15, -0.1) is 11.3 Å². The first-order valence-corrected chi connectivity index (χ1v) is 7.82. The maximum Gasteiger partial charge on any atom is 0.261 e. The van der Waals surface area contributed by atoms with E-state index in [9.17, 15) is 4.79 Å². The first kappa shape index (κ1) is 13.1. The van der Waals surface area contributed by atoms with Crippen LogP contribution >= 0.6 is 27.3 Å². The van der Waals surface area contributed by atoms with Crippen LogP contribution in [0.3, 0.4) is 0 Å². The number of hydrogen-bond acceptors (Lipinski definition) is 2. The Kier molecular flexibility index (Phi) is 4.62. The van der Waals surface area contributed by atoms with Crippen LogP contribution in [0, 0.1) is 12.8 Å². The van der Waals surface area contributed by atoms with E-state index in [2.05, 4.69) is 21.2 Å². The van der Waals surface area contributed by atoms with Crippen molar-refractivity contribution in [1.82, 2.24) is 5.32 Å². The highest BCUT2D eigenvalue weighted by Gasteiger charge is 2.15. The third kappa shape index (κ3) is 3.55. The lowest BCUT2D eigenvalue weighted by molar-refractivity contribution is 0.0955. The normalized spacial score (nSPS) is 16.4. The Morgan fingerprint density at radius 3 is 2.82 bits per heavy atom. The number of halogens is 1. The van der Waals surface area contributed by atoms with Gasteiger partial charge in [-0.3, -0.25) is 4.79 Å². The van der Waals surface area contributed by atoms with Crippen LogP contribution in [0.4, 0.5) is 0 Å². The lowest BCUT2D eigenvalue weighted by Gasteiger charge is -2.08. The summed E-state index contributed by atoms with van der Waals surface area (Å²) in [6.45, 7) is 2.83. The summed E-state index contributed by atoms with van der Waals surface area (Å²) < 4.78 is 1.05. The van der Waals surface area contributed by atoms with E-state index in [4.69, 9.17) is 0 Å². The van der Waals surface area contributed by atoms with Crippen LogP contribution in [-0.2, 0) is 0 Å². The smallest absolute Gasteiger partial charge is 0.261 e. The SMILES string of the molecule is Cc1cc(C(=O)NCCC2CCCC2)sc1Br. The molecule has 94 valence electrons. The lowest BCUT2D eigenvalue weighted by atomic mass is 10.0. The number of carbonyl (C=O) groups excluding carboxylic acids is 1. The summed E-state index contributed by atoms with van der Waals surface area (Å²) in [5.41, 5.74) is 1.14. The minimum absolute atomic E-state index is 0.0711. The number of aryl methyl sites for hydroxylation is 1. The first-order chi connectivity index (χ1) is 8.16. The van der Waals surface area contributed by atoms with Gasteiger partial charge in [-0.05, 0) is 46.8 Å². The molecule has 0 spiro atoms. The van der Waals surface area contributed by atoms with Gasteiger partial charge in [-0.2, -0.15) is 0 Å². The van der Waals surface area contributed by atoms with Crippen LogP contribution in [0.25, 0.3) is 0 Å². The van der Waals surface area contributed by atoms with E-state index in [1.54, 1.807) is 0 Å². The Bertz CT molecular complexity index is 377. The summed E-state index contributed by atoms with van der Waals surface area (Å²) in [7, 11) is 0. The molecule has 17 heavy (non-hydrogen) atoms. The average Bonchev–Trinajstić information content (AvgIpc) is 2.90. The molecule has 1 aromatic rings. The maximum atomic E-state index is 11.9. The highest BCUT2D eigenvalue weighted by Crippen LogP contribution is 2.28. The van der Waals surface area contributed by atoms with Gasteiger partial charge in [0.05, 0.1) is 8.66 Å². The molecule has 1 aliphatic carbocycles. The minimum atomic E-state index is 0.0711. The number of nitrogens with one attached hydrogen (secondary N) is 1. The second-order valence-corrected chi connectivity index (χ2v) is 7.13. The largest absolute Gasteiger partial charge is 0.351 e. The van der Waals surface area contributed by atoms with Crippen molar-refractivity contribution in [3.63, 3.8) is 0 Å². The Labute approximate surface area is 115 Å². The molecule has 0 saturated heterocycles. The molecule has 0 aromatic carbocycles. The van der Waals surface area contributed by atoms with Crippen molar-refractivity contribution in [2.24, 2.45) is 5.92 Å². The molecule has 1 heterocycles. The third-order valence-corrected chi connectivity index (χ3v) is 5.53. The highest BCUT2D eigenvalue weighted by atomic mass is 79.9. The van der Waals surface area contributed by atoms with E-state index >= 15 is 0 Å². The van der Waals surface area contributed by atoms with E-state index in [0.717, 1.165) is 33.1 Å². The topological polar surface area (TPSA) is 29.1 Å². The van der Waals surface area contributed by atoms with Gasteiger partial charge in [0.1, 0.15) is 0 Å². The standard InChI is InChI=1S/C13H18BrNOS/c1-9-8-11(17-12(9)14)13(16)15-7-6-10-4-2-3-5-10/h8,10H,2-7H2,1H3,(H,15,16). The zero-order valence-electron chi connectivity index (χ0n) is 10.1. The zero-order chi connectivity index (χ0) is 12.3. The highest BCUT2D eigenvalue weighted by molar-refractivity contribution is 9.11. The fourth-order valence-electron chi connectivity index (χ4n) is 2.35. The fraction of sp³-hybridized carbons (Fsp3) is 0.615. The summed E-state index contributed by atoms with van der Waals surface area (Å²) in [5, 5.41) is 3.02. The predicted molar refractivity (Wildman–Crippen MR) is 75.7 cm³/mol. The van der Waals surface area contributed by atoms with Gasteiger partial charge in [0.15, 0.2) is 0 Å². The summed E-state index contributed by atoms with van der Waals surface area (Å²) in [6.07, 6.45) is 6.57. The summed E-state index contributed by atoms with van der Waals surface area (Å²) in [6, 6.07) is 1.94. The molecule has 2 rings (SSSR count).